The topological polar surface area (TPSA) is 49.9 Å². The first-order chi connectivity index (χ1) is 11.1. The molecule has 1 heterocycles. The molecule has 1 fully saturated rings. The third kappa shape index (κ3) is 4.12. The zero-order valence-corrected chi connectivity index (χ0v) is 13.8. The molecule has 0 aromatic heterocycles. The van der Waals surface area contributed by atoms with Crippen molar-refractivity contribution < 1.29 is 14.3 Å². The van der Waals surface area contributed by atoms with Gasteiger partial charge in [-0.25, -0.2) is 0 Å². The fourth-order valence-electron chi connectivity index (χ4n) is 2.95. The molecule has 5 nitrogen and oxygen atoms in total. The van der Waals surface area contributed by atoms with E-state index in [0.717, 1.165) is 11.3 Å². The van der Waals surface area contributed by atoms with E-state index in [1.54, 1.807) is 12.0 Å². The van der Waals surface area contributed by atoms with E-state index in [9.17, 15) is 9.59 Å². The number of hydrogen-bond acceptors (Lipinski definition) is 3. The molecule has 2 amide bonds. The van der Waals surface area contributed by atoms with Crippen molar-refractivity contribution in [1.82, 2.24) is 9.80 Å². The number of para-hydroxylation sites is 1. The van der Waals surface area contributed by atoms with Gasteiger partial charge >= 0.3 is 0 Å². The number of rotatable bonds is 5. The van der Waals surface area contributed by atoms with Crippen molar-refractivity contribution >= 4 is 11.8 Å². The maximum Gasteiger partial charge on any atom is 0.246 e. The van der Waals surface area contributed by atoms with Gasteiger partial charge in [-0.15, -0.1) is 0 Å². The summed E-state index contributed by atoms with van der Waals surface area (Å²) in [5.41, 5.74) is 1.04. The van der Waals surface area contributed by atoms with Gasteiger partial charge in [0, 0.05) is 32.1 Å². The van der Waals surface area contributed by atoms with Crippen LogP contribution >= 0.6 is 0 Å². The second-order valence-corrected chi connectivity index (χ2v) is 5.74. The molecule has 1 aromatic rings. The molecule has 23 heavy (non-hydrogen) atoms. The van der Waals surface area contributed by atoms with Crippen LogP contribution in [0.3, 0.4) is 0 Å². The summed E-state index contributed by atoms with van der Waals surface area (Å²) in [4.78, 5) is 27.8. The number of aryl methyl sites for hydroxylation is 1. The minimum atomic E-state index is -0.0713. The smallest absolute Gasteiger partial charge is 0.246 e. The highest BCUT2D eigenvalue weighted by Gasteiger charge is 2.28. The lowest BCUT2D eigenvalue weighted by atomic mass is 10.1. The standard InChI is InChI=1S/C18H24N2O3/c1-4-17(21)19-11-12-20(14(2)13-19)18(22)10-9-15-7-5-6-8-16(15)23-3/h4-8,14H,1,9-13H2,2-3H3/t14-/m0/s1. The fraction of sp³-hybridized carbons (Fsp3) is 0.444. The number of carbonyl (C=O) groups excluding carboxylic acids is 2. The van der Waals surface area contributed by atoms with Crippen molar-refractivity contribution in [2.24, 2.45) is 0 Å². The van der Waals surface area contributed by atoms with E-state index in [0.29, 0.717) is 32.5 Å². The number of ether oxygens (including phenoxy) is 1. The number of benzene rings is 1. The fourth-order valence-corrected chi connectivity index (χ4v) is 2.95. The summed E-state index contributed by atoms with van der Waals surface area (Å²) in [5, 5.41) is 0. The van der Waals surface area contributed by atoms with E-state index in [1.165, 1.54) is 6.08 Å². The Morgan fingerprint density at radius 2 is 2.09 bits per heavy atom. The molecule has 0 spiro atoms. The monoisotopic (exact) mass is 316 g/mol. The first-order valence-corrected chi connectivity index (χ1v) is 7.89. The van der Waals surface area contributed by atoms with Crippen LogP contribution in [0.5, 0.6) is 5.75 Å². The summed E-state index contributed by atoms with van der Waals surface area (Å²) in [6, 6.07) is 7.78. The average Bonchev–Trinajstić information content (AvgIpc) is 2.59. The van der Waals surface area contributed by atoms with Crippen LogP contribution in [0.4, 0.5) is 0 Å². The Labute approximate surface area is 137 Å². The van der Waals surface area contributed by atoms with Crippen LogP contribution in [-0.4, -0.2) is 54.4 Å². The van der Waals surface area contributed by atoms with Gasteiger partial charge in [0.05, 0.1) is 7.11 Å². The highest BCUT2D eigenvalue weighted by Crippen LogP contribution is 2.20. The molecule has 0 saturated carbocycles. The van der Waals surface area contributed by atoms with Gasteiger partial charge in [0.25, 0.3) is 0 Å². The van der Waals surface area contributed by atoms with Crippen molar-refractivity contribution in [3.8, 4) is 5.75 Å². The van der Waals surface area contributed by atoms with E-state index >= 15 is 0 Å². The number of methoxy groups -OCH3 is 1. The molecular weight excluding hydrogens is 292 g/mol. The molecule has 1 saturated heterocycles. The summed E-state index contributed by atoms with van der Waals surface area (Å²) < 4.78 is 5.32. The number of carbonyl (C=O) groups is 2. The predicted octanol–water partition coefficient (Wildman–Crippen LogP) is 1.87. The summed E-state index contributed by atoms with van der Waals surface area (Å²) >= 11 is 0. The first kappa shape index (κ1) is 17.1. The minimum absolute atomic E-state index is 0.0258. The lowest BCUT2D eigenvalue weighted by Crippen LogP contribution is -2.55. The Morgan fingerprint density at radius 3 is 2.74 bits per heavy atom. The molecule has 0 N–H and O–H groups in total. The van der Waals surface area contributed by atoms with Crippen LogP contribution in [-0.2, 0) is 16.0 Å². The van der Waals surface area contributed by atoms with Gasteiger partial charge in [-0.2, -0.15) is 0 Å². The Morgan fingerprint density at radius 1 is 1.35 bits per heavy atom. The third-order valence-corrected chi connectivity index (χ3v) is 4.23. The zero-order valence-electron chi connectivity index (χ0n) is 13.8. The van der Waals surface area contributed by atoms with E-state index in [4.69, 9.17) is 4.74 Å². The average molecular weight is 316 g/mol. The minimum Gasteiger partial charge on any atom is -0.496 e. The van der Waals surface area contributed by atoms with E-state index < -0.39 is 0 Å². The quantitative estimate of drug-likeness (QED) is 0.779. The molecule has 1 aliphatic rings. The van der Waals surface area contributed by atoms with Crippen LogP contribution in [0.2, 0.25) is 0 Å². The van der Waals surface area contributed by atoms with Gasteiger partial charge in [-0.05, 0) is 31.1 Å². The second kappa shape index (κ2) is 7.81. The maximum atomic E-state index is 12.5. The van der Waals surface area contributed by atoms with Crippen LogP contribution in [0.25, 0.3) is 0 Å². The van der Waals surface area contributed by atoms with E-state index in [2.05, 4.69) is 6.58 Å². The van der Waals surface area contributed by atoms with E-state index in [-0.39, 0.29) is 17.9 Å². The summed E-state index contributed by atoms with van der Waals surface area (Å²) in [6.07, 6.45) is 2.42. The van der Waals surface area contributed by atoms with Crippen LogP contribution < -0.4 is 4.74 Å². The van der Waals surface area contributed by atoms with Crippen molar-refractivity contribution in [3.05, 3.63) is 42.5 Å². The number of nitrogens with zero attached hydrogens (tertiary/aromatic N) is 2. The zero-order chi connectivity index (χ0) is 16.8. The van der Waals surface area contributed by atoms with Gasteiger partial charge in [0.2, 0.25) is 11.8 Å². The van der Waals surface area contributed by atoms with Gasteiger partial charge in [0.1, 0.15) is 5.75 Å². The Hall–Kier alpha value is -2.30. The Bertz CT molecular complexity index is 585. The summed E-state index contributed by atoms with van der Waals surface area (Å²) in [6.45, 7) is 7.19. The van der Waals surface area contributed by atoms with E-state index in [1.807, 2.05) is 36.1 Å². The Balaban J connectivity index is 1.91. The van der Waals surface area contributed by atoms with Gasteiger partial charge in [-0.1, -0.05) is 24.8 Å². The van der Waals surface area contributed by atoms with Crippen molar-refractivity contribution in [1.29, 1.82) is 0 Å². The maximum absolute atomic E-state index is 12.5. The predicted molar refractivity (Wildman–Crippen MR) is 89.3 cm³/mol. The highest BCUT2D eigenvalue weighted by atomic mass is 16.5. The third-order valence-electron chi connectivity index (χ3n) is 4.23. The lowest BCUT2D eigenvalue weighted by molar-refractivity contribution is -0.140. The SMILES string of the molecule is C=CC(=O)N1CCN(C(=O)CCc2ccccc2OC)[C@@H](C)C1. The molecule has 0 radical (unpaired) electrons. The largest absolute Gasteiger partial charge is 0.496 e. The van der Waals surface area contributed by atoms with Crippen molar-refractivity contribution in [3.63, 3.8) is 0 Å². The summed E-state index contributed by atoms with van der Waals surface area (Å²) in [5.74, 6) is 0.863. The molecule has 2 rings (SSSR count). The van der Waals surface area contributed by atoms with Crippen molar-refractivity contribution in [2.45, 2.75) is 25.8 Å². The van der Waals surface area contributed by atoms with Crippen LogP contribution in [0.1, 0.15) is 18.9 Å². The van der Waals surface area contributed by atoms with Crippen molar-refractivity contribution in [2.75, 3.05) is 26.7 Å². The normalized spacial score (nSPS) is 17.7. The number of amides is 2. The lowest BCUT2D eigenvalue weighted by Gasteiger charge is -2.39. The van der Waals surface area contributed by atoms with Gasteiger partial charge < -0.3 is 14.5 Å². The molecule has 1 atom stereocenters. The number of hydrogen-bond donors (Lipinski definition) is 0. The van der Waals surface area contributed by atoms with Gasteiger partial charge in [-0.3, -0.25) is 9.59 Å². The second-order valence-electron chi connectivity index (χ2n) is 5.74. The summed E-state index contributed by atoms with van der Waals surface area (Å²) in [7, 11) is 1.64. The molecule has 1 aromatic carbocycles. The molecular formula is C18H24N2O3. The molecule has 1 aliphatic heterocycles. The molecule has 0 aliphatic carbocycles. The van der Waals surface area contributed by atoms with Crippen LogP contribution in [0.15, 0.2) is 36.9 Å². The van der Waals surface area contributed by atoms with Crippen LogP contribution in [0, 0.1) is 0 Å². The Kier molecular flexibility index (Phi) is 5.79. The molecule has 124 valence electrons. The molecule has 0 unspecified atom stereocenters. The highest BCUT2D eigenvalue weighted by molar-refractivity contribution is 5.87. The molecule has 0 bridgehead atoms. The first-order valence-electron chi connectivity index (χ1n) is 7.89. The molecule has 5 heteroatoms. The number of piperazine rings is 1. The van der Waals surface area contributed by atoms with Gasteiger partial charge in [0.15, 0.2) is 0 Å².